The highest BCUT2D eigenvalue weighted by atomic mass is 16.2. The molecule has 0 spiro atoms. The smallest absolute Gasteiger partial charge is 0.319 e. The van der Waals surface area contributed by atoms with Crippen molar-refractivity contribution in [2.45, 2.75) is 20.3 Å². The molecule has 0 aliphatic rings. The summed E-state index contributed by atoms with van der Waals surface area (Å²) in [6.45, 7) is 4.77. The van der Waals surface area contributed by atoms with Gasteiger partial charge in [0.15, 0.2) is 0 Å². The molecule has 1 aromatic heterocycles. The molecule has 3 rings (SSSR count). The summed E-state index contributed by atoms with van der Waals surface area (Å²) in [7, 11) is 0. The largest absolute Gasteiger partial charge is 0.358 e. The first-order valence-electron chi connectivity index (χ1n) is 7.81. The minimum Gasteiger partial charge on any atom is -0.358 e. The Morgan fingerprint density at radius 3 is 2.65 bits per heavy atom. The Hall–Kier alpha value is -2.75. The molecular formula is C19H21N3O. The van der Waals surface area contributed by atoms with Gasteiger partial charge in [0.2, 0.25) is 0 Å². The number of amides is 2. The zero-order chi connectivity index (χ0) is 16.2. The van der Waals surface area contributed by atoms with Crippen LogP contribution in [0.2, 0.25) is 0 Å². The number of hydrogen-bond donors (Lipinski definition) is 3. The van der Waals surface area contributed by atoms with Gasteiger partial charge >= 0.3 is 6.03 Å². The minimum absolute atomic E-state index is 0.176. The Balaban J connectivity index is 1.61. The van der Waals surface area contributed by atoms with E-state index in [1.165, 1.54) is 16.5 Å². The third kappa shape index (κ3) is 3.54. The Kier molecular flexibility index (Phi) is 4.33. The molecular weight excluding hydrogens is 286 g/mol. The van der Waals surface area contributed by atoms with E-state index in [4.69, 9.17) is 0 Å². The van der Waals surface area contributed by atoms with E-state index in [0.29, 0.717) is 6.54 Å². The number of H-pyrrole nitrogens is 1. The van der Waals surface area contributed by atoms with Gasteiger partial charge in [-0.15, -0.1) is 0 Å². The number of nitrogens with one attached hydrogen (secondary N) is 3. The summed E-state index contributed by atoms with van der Waals surface area (Å²) in [5.74, 6) is 0. The molecule has 2 amide bonds. The molecule has 0 saturated carbocycles. The van der Waals surface area contributed by atoms with Crippen LogP contribution in [0.5, 0.6) is 0 Å². The summed E-state index contributed by atoms with van der Waals surface area (Å²) >= 11 is 0. The number of fused-ring (bicyclic) bond motifs is 1. The number of benzene rings is 2. The van der Waals surface area contributed by atoms with Gasteiger partial charge in [-0.1, -0.05) is 29.8 Å². The van der Waals surface area contributed by atoms with Gasteiger partial charge in [-0.05, 0) is 50.1 Å². The normalized spacial score (nSPS) is 10.7. The number of urea groups is 1. The third-order valence-corrected chi connectivity index (χ3v) is 3.97. The van der Waals surface area contributed by atoms with Crippen molar-refractivity contribution in [1.82, 2.24) is 10.3 Å². The number of hydrogen-bond acceptors (Lipinski definition) is 1. The average Bonchev–Trinajstić information content (AvgIpc) is 2.84. The number of aromatic amines is 1. The highest BCUT2D eigenvalue weighted by molar-refractivity contribution is 5.89. The van der Waals surface area contributed by atoms with Crippen LogP contribution in [0.25, 0.3) is 10.9 Å². The highest BCUT2D eigenvalue weighted by Gasteiger charge is 2.09. The maximum Gasteiger partial charge on any atom is 0.319 e. The zero-order valence-corrected chi connectivity index (χ0v) is 13.4. The predicted octanol–water partition coefficient (Wildman–Crippen LogP) is 4.15. The Bertz CT molecular complexity index is 821. The fourth-order valence-corrected chi connectivity index (χ4v) is 2.82. The van der Waals surface area contributed by atoms with Crippen molar-refractivity contribution in [3.63, 3.8) is 0 Å². The quantitative estimate of drug-likeness (QED) is 0.666. The van der Waals surface area contributed by atoms with Crippen molar-refractivity contribution >= 4 is 22.6 Å². The molecule has 0 atom stereocenters. The zero-order valence-electron chi connectivity index (χ0n) is 13.4. The molecule has 0 bridgehead atoms. The van der Waals surface area contributed by atoms with Gasteiger partial charge in [0.05, 0.1) is 0 Å². The van der Waals surface area contributed by atoms with E-state index >= 15 is 0 Å². The van der Waals surface area contributed by atoms with Crippen LogP contribution < -0.4 is 10.6 Å². The van der Waals surface area contributed by atoms with Gasteiger partial charge in [0.25, 0.3) is 0 Å². The molecule has 4 heteroatoms. The molecule has 3 aromatic rings. The highest BCUT2D eigenvalue weighted by Crippen LogP contribution is 2.23. The maximum atomic E-state index is 11.9. The molecule has 23 heavy (non-hydrogen) atoms. The summed E-state index contributed by atoms with van der Waals surface area (Å²) < 4.78 is 0. The van der Waals surface area contributed by atoms with Gasteiger partial charge < -0.3 is 15.6 Å². The van der Waals surface area contributed by atoms with Crippen molar-refractivity contribution in [2.24, 2.45) is 0 Å². The third-order valence-electron chi connectivity index (χ3n) is 3.97. The van der Waals surface area contributed by atoms with Crippen LogP contribution in [-0.2, 0) is 6.42 Å². The SMILES string of the molecule is Cc1ccc2[nH]c(C)c(CCNC(=O)Nc3ccccc3)c2c1. The van der Waals surface area contributed by atoms with Crippen molar-refractivity contribution in [3.8, 4) is 0 Å². The van der Waals surface area contributed by atoms with Gasteiger partial charge in [0, 0.05) is 28.8 Å². The van der Waals surface area contributed by atoms with Gasteiger partial charge in [0.1, 0.15) is 0 Å². The maximum absolute atomic E-state index is 11.9. The second-order valence-electron chi connectivity index (χ2n) is 5.77. The number of anilines is 1. The lowest BCUT2D eigenvalue weighted by Crippen LogP contribution is -2.30. The number of carbonyl (C=O) groups is 1. The second-order valence-corrected chi connectivity index (χ2v) is 5.77. The van der Waals surface area contributed by atoms with E-state index in [9.17, 15) is 4.79 Å². The topological polar surface area (TPSA) is 56.9 Å². The molecule has 2 aromatic carbocycles. The minimum atomic E-state index is -0.176. The lowest BCUT2D eigenvalue weighted by atomic mass is 10.1. The van der Waals surface area contributed by atoms with Crippen molar-refractivity contribution < 1.29 is 4.79 Å². The van der Waals surface area contributed by atoms with E-state index in [-0.39, 0.29) is 6.03 Å². The molecule has 0 unspecified atom stereocenters. The summed E-state index contributed by atoms with van der Waals surface area (Å²) in [6.07, 6.45) is 0.803. The van der Waals surface area contributed by atoms with Crippen LogP contribution in [0.15, 0.2) is 48.5 Å². The predicted molar refractivity (Wildman–Crippen MR) is 94.9 cm³/mol. The summed E-state index contributed by atoms with van der Waals surface area (Å²) in [5.41, 5.74) is 5.62. The van der Waals surface area contributed by atoms with E-state index < -0.39 is 0 Å². The molecule has 0 aliphatic carbocycles. The second kappa shape index (κ2) is 6.57. The number of aryl methyl sites for hydroxylation is 2. The van der Waals surface area contributed by atoms with E-state index in [1.54, 1.807) is 0 Å². The van der Waals surface area contributed by atoms with Gasteiger partial charge in [-0.25, -0.2) is 4.79 Å². The molecule has 0 radical (unpaired) electrons. The summed E-state index contributed by atoms with van der Waals surface area (Å²) in [4.78, 5) is 15.3. The number of rotatable bonds is 4. The van der Waals surface area contributed by atoms with Crippen LogP contribution in [-0.4, -0.2) is 17.6 Å². The lowest BCUT2D eigenvalue weighted by Gasteiger charge is -2.08. The van der Waals surface area contributed by atoms with Crippen molar-refractivity contribution in [1.29, 1.82) is 0 Å². The number of carbonyl (C=O) groups excluding carboxylic acids is 1. The first-order chi connectivity index (χ1) is 11.1. The van der Waals surface area contributed by atoms with Crippen molar-refractivity contribution in [3.05, 3.63) is 65.4 Å². The van der Waals surface area contributed by atoms with Crippen LogP contribution in [0.1, 0.15) is 16.8 Å². The van der Waals surface area contributed by atoms with E-state index in [1.807, 2.05) is 30.3 Å². The first kappa shape index (κ1) is 15.2. The van der Waals surface area contributed by atoms with Crippen molar-refractivity contribution in [2.75, 3.05) is 11.9 Å². The fourth-order valence-electron chi connectivity index (χ4n) is 2.82. The summed E-state index contributed by atoms with van der Waals surface area (Å²) in [5, 5.41) is 6.98. The van der Waals surface area contributed by atoms with Crippen LogP contribution in [0.4, 0.5) is 10.5 Å². The van der Waals surface area contributed by atoms with Gasteiger partial charge in [-0.3, -0.25) is 0 Å². The molecule has 1 heterocycles. The van der Waals surface area contributed by atoms with Crippen LogP contribution in [0, 0.1) is 13.8 Å². The Labute approximate surface area is 135 Å². The molecule has 0 aliphatic heterocycles. The van der Waals surface area contributed by atoms with E-state index in [2.05, 4.69) is 47.7 Å². The first-order valence-corrected chi connectivity index (χ1v) is 7.81. The molecule has 118 valence electrons. The molecule has 0 saturated heterocycles. The molecule has 0 fully saturated rings. The molecule has 4 nitrogen and oxygen atoms in total. The molecule has 3 N–H and O–H groups in total. The Morgan fingerprint density at radius 2 is 1.87 bits per heavy atom. The monoisotopic (exact) mass is 307 g/mol. The average molecular weight is 307 g/mol. The fraction of sp³-hybridized carbons (Fsp3) is 0.211. The number of aromatic nitrogens is 1. The number of para-hydroxylation sites is 1. The van der Waals surface area contributed by atoms with Gasteiger partial charge in [-0.2, -0.15) is 0 Å². The van der Waals surface area contributed by atoms with Crippen LogP contribution in [0.3, 0.4) is 0 Å². The summed E-state index contributed by atoms with van der Waals surface area (Å²) in [6, 6.07) is 15.7. The van der Waals surface area contributed by atoms with Crippen LogP contribution >= 0.6 is 0 Å². The lowest BCUT2D eigenvalue weighted by molar-refractivity contribution is 0.252. The Morgan fingerprint density at radius 1 is 1.09 bits per heavy atom. The standard InChI is InChI=1S/C19H21N3O/c1-13-8-9-18-17(12-13)16(14(2)21-18)10-11-20-19(23)22-15-6-4-3-5-7-15/h3-9,12,21H,10-11H2,1-2H3,(H2,20,22,23). The van der Waals surface area contributed by atoms with E-state index in [0.717, 1.165) is 23.3 Å².